The van der Waals surface area contributed by atoms with Crippen LogP contribution in [0, 0.1) is 11.3 Å². The van der Waals surface area contributed by atoms with Crippen LogP contribution < -0.4 is 5.32 Å². The van der Waals surface area contributed by atoms with E-state index < -0.39 is 0 Å². The van der Waals surface area contributed by atoms with Gasteiger partial charge in [0.15, 0.2) is 0 Å². The van der Waals surface area contributed by atoms with Crippen LogP contribution in [0.3, 0.4) is 0 Å². The molecule has 15 heavy (non-hydrogen) atoms. The highest BCUT2D eigenvalue weighted by molar-refractivity contribution is 7.99. The zero-order valence-corrected chi connectivity index (χ0v) is 10.1. The van der Waals surface area contributed by atoms with Crippen molar-refractivity contribution in [2.75, 3.05) is 12.3 Å². The zero-order valence-electron chi connectivity index (χ0n) is 8.53. The Kier molecular flexibility index (Phi) is 5.56. The van der Waals surface area contributed by atoms with Gasteiger partial charge in [-0.1, -0.05) is 30.7 Å². The number of nitriles is 1. The molecule has 0 aliphatic carbocycles. The average Bonchev–Trinajstić information content (AvgIpc) is 2.26. The molecule has 0 radical (unpaired) electrons. The van der Waals surface area contributed by atoms with Gasteiger partial charge in [-0.3, -0.25) is 0 Å². The van der Waals surface area contributed by atoms with Gasteiger partial charge in [-0.2, -0.15) is 5.26 Å². The van der Waals surface area contributed by atoms with Gasteiger partial charge in [0.2, 0.25) is 0 Å². The molecule has 1 atom stereocenters. The summed E-state index contributed by atoms with van der Waals surface area (Å²) < 4.78 is 0. The molecule has 0 amide bonds. The molecule has 1 aromatic carbocycles. The van der Waals surface area contributed by atoms with E-state index in [-0.39, 0.29) is 6.04 Å². The molecule has 0 aromatic heterocycles. The second-order valence-corrected chi connectivity index (χ2v) is 4.45. The third-order valence-electron chi connectivity index (χ3n) is 1.85. The van der Waals surface area contributed by atoms with Crippen LogP contribution in [0.4, 0.5) is 0 Å². The molecule has 1 N–H and O–H groups in total. The summed E-state index contributed by atoms with van der Waals surface area (Å²) in [6.07, 6.45) is 0. The van der Waals surface area contributed by atoms with Gasteiger partial charge in [0.1, 0.15) is 6.04 Å². The highest BCUT2D eigenvalue weighted by Crippen LogP contribution is 2.26. The van der Waals surface area contributed by atoms with Gasteiger partial charge in [-0.05, 0) is 18.7 Å². The maximum Gasteiger partial charge on any atom is 0.105 e. The second kappa shape index (κ2) is 6.73. The molecule has 1 rings (SSSR count). The molecule has 80 valence electrons. The lowest BCUT2D eigenvalue weighted by Crippen LogP contribution is -2.29. The van der Waals surface area contributed by atoms with Gasteiger partial charge in [0.25, 0.3) is 0 Å². The average molecular weight is 241 g/mol. The molecular formula is C11H13ClN2S. The fraction of sp³-hybridized carbons (Fsp3) is 0.364. The molecule has 0 saturated carbocycles. The number of nitrogens with zero attached hydrogens (tertiary/aromatic N) is 1. The van der Waals surface area contributed by atoms with E-state index >= 15 is 0 Å². The molecule has 2 nitrogen and oxygen atoms in total. The first-order valence-corrected chi connectivity index (χ1v) is 6.14. The van der Waals surface area contributed by atoms with Gasteiger partial charge in [0.05, 0.1) is 11.1 Å². The largest absolute Gasteiger partial charge is 0.302 e. The number of thioether (sulfide) groups is 1. The molecular weight excluding hydrogens is 228 g/mol. The Morgan fingerprint density at radius 3 is 2.87 bits per heavy atom. The topological polar surface area (TPSA) is 35.8 Å². The van der Waals surface area contributed by atoms with Crippen molar-refractivity contribution in [2.24, 2.45) is 0 Å². The van der Waals surface area contributed by atoms with Crippen molar-refractivity contribution in [1.82, 2.24) is 5.32 Å². The van der Waals surface area contributed by atoms with E-state index in [1.54, 1.807) is 11.8 Å². The van der Waals surface area contributed by atoms with Crippen LogP contribution in [-0.4, -0.2) is 18.3 Å². The zero-order chi connectivity index (χ0) is 11.1. The van der Waals surface area contributed by atoms with Crippen molar-refractivity contribution in [1.29, 1.82) is 5.26 Å². The molecule has 0 saturated heterocycles. The van der Waals surface area contributed by atoms with Gasteiger partial charge in [-0.15, -0.1) is 11.8 Å². The Morgan fingerprint density at radius 1 is 1.53 bits per heavy atom. The Labute approximate surface area is 99.6 Å². The molecule has 4 heteroatoms. The summed E-state index contributed by atoms with van der Waals surface area (Å²) in [6, 6.07) is 9.78. The summed E-state index contributed by atoms with van der Waals surface area (Å²) >= 11 is 7.61. The normalized spacial score (nSPS) is 12.1. The molecule has 0 aliphatic heterocycles. The van der Waals surface area contributed by atoms with Crippen molar-refractivity contribution in [3.05, 3.63) is 29.3 Å². The van der Waals surface area contributed by atoms with Crippen molar-refractivity contribution >= 4 is 23.4 Å². The molecule has 1 unspecified atom stereocenters. The van der Waals surface area contributed by atoms with Gasteiger partial charge >= 0.3 is 0 Å². The van der Waals surface area contributed by atoms with E-state index in [2.05, 4.69) is 11.4 Å². The van der Waals surface area contributed by atoms with Crippen molar-refractivity contribution in [2.45, 2.75) is 17.9 Å². The van der Waals surface area contributed by atoms with E-state index in [1.165, 1.54) is 0 Å². The number of hydrogen-bond donors (Lipinski definition) is 1. The predicted octanol–water partition coefficient (Wildman–Crippen LogP) is 2.93. The summed E-state index contributed by atoms with van der Waals surface area (Å²) in [5.74, 6) is 0.716. The number of benzene rings is 1. The highest BCUT2D eigenvalue weighted by atomic mass is 35.5. The Morgan fingerprint density at radius 2 is 2.27 bits per heavy atom. The standard InChI is InChI=1S/C11H13ClN2S/c1-2-14-9(7-13)8-15-11-6-4-3-5-10(11)12/h3-6,9,14H,2,8H2,1H3. The monoisotopic (exact) mass is 240 g/mol. The van der Waals surface area contributed by atoms with E-state index in [4.69, 9.17) is 16.9 Å². The van der Waals surface area contributed by atoms with Crippen LogP contribution in [-0.2, 0) is 0 Å². The molecule has 1 aromatic rings. The fourth-order valence-electron chi connectivity index (χ4n) is 1.12. The first-order valence-electron chi connectivity index (χ1n) is 4.78. The minimum atomic E-state index is -0.115. The van der Waals surface area contributed by atoms with Crippen molar-refractivity contribution in [3.63, 3.8) is 0 Å². The number of hydrogen-bond acceptors (Lipinski definition) is 3. The van der Waals surface area contributed by atoms with Crippen LogP contribution in [0.25, 0.3) is 0 Å². The number of rotatable bonds is 5. The summed E-state index contributed by atoms with van der Waals surface area (Å²) in [4.78, 5) is 1.03. The van der Waals surface area contributed by atoms with Crippen LogP contribution in [0.1, 0.15) is 6.92 Å². The lowest BCUT2D eigenvalue weighted by Gasteiger charge is -2.09. The van der Waals surface area contributed by atoms with Crippen LogP contribution in [0.5, 0.6) is 0 Å². The van der Waals surface area contributed by atoms with Crippen LogP contribution in [0.2, 0.25) is 5.02 Å². The maximum absolute atomic E-state index is 8.85. The smallest absolute Gasteiger partial charge is 0.105 e. The SMILES string of the molecule is CCNC(C#N)CSc1ccccc1Cl. The van der Waals surface area contributed by atoms with E-state index in [0.717, 1.165) is 16.5 Å². The molecule has 0 fully saturated rings. The van der Waals surface area contributed by atoms with E-state index in [0.29, 0.717) is 5.75 Å². The molecule has 0 bridgehead atoms. The molecule has 0 aliphatic rings. The van der Waals surface area contributed by atoms with E-state index in [1.807, 2.05) is 31.2 Å². The minimum absolute atomic E-state index is 0.115. The lowest BCUT2D eigenvalue weighted by atomic mass is 10.4. The third kappa shape index (κ3) is 4.13. The summed E-state index contributed by atoms with van der Waals surface area (Å²) in [5, 5.41) is 12.7. The lowest BCUT2D eigenvalue weighted by molar-refractivity contribution is 0.677. The van der Waals surface area contributed by atoms with Gasteiger partial charge < -0.3 is 5.32 Å². The van der Waals surface area contributed by atoms with Gasteiger partial charge in [0, 0.05) is 10.6 Å². The summed E-state index contributed by atoms with van der Waals surface area (Å²) in [7, 11) is 0. The van der Waals surface area contributed by atoms with Crippen molar-refractivity contribution in [3.8, 4) is 6.07 Å². The molecule has 0 heterocycles. The quantitative estimate of drug-likeness (QED) is 0.804. The Balaban J connectivity index is 2.50. The third-order valence-corrected chi connectivity index (χ3v) is 3.46. The summed E-state index contributed by atoms with van der Waals surface area (Å²) in [5.41, 5.74) is 0. The minimum Gasteiger partial charge on any atom is -0.302 e. The fourth-order valence-corrected chi connectivity index (χ4v) is 2.34. The van der Waals surface area contributed by atoms with E-state index in [9.17, 15) is 0 Å². The number of nitrogens with one attached hydrogen (secondary N) is 1. The van der Waals surface area contributed by atoms with Gasteiger partial charge in [-0.25, -0.2) is 0 Å². The Hall–Kier alpha value is -0.690. The molecule has 0 spiro atoms. The first kappa shape index (κ1) is 12.4. The predicted molar refractivity (Wildman–Crippen MR) is 65.3 cm³/mol. The van der Waals surface area contributed by atoms with Crippen LogP contribution >= 0.6 is 23.4 Å². The highest BCUT2D eigenvalue weighted by Gasteiger charge is 2.07. The summed E-state index contributed by atoms with van der Waals surface area (Å²) in [6.45, 7) is 2.80. The van der Waals surface area contributed by atoms with Crippen LogP contribution in [0.15, 0.2) is 29.2 Å². The maximum atomic E-state index is 8.85. The van der Waals surface area contributed by atoms with Crippen molar-refractivity contribution < 1.29 is 0 Å². The second-order valence-electron chi connectivity index (χ2n) is 2.98. The number of halogens is 1. The Bertz CT molecular complexity index is 349. The first-order chi connectivity index (χ1) is 7.27.